The Morgan fingerprint density at radius 2 is 1.94 bits per heavy atom. The Morgan fingerprint density at radius 3 is 2.62 bits per heavy atom. The molecule has 170 valence electrons. The molecule has 32 heavy (non-hydrogen) atoms. The number of aromatic nitrogens is 2. The number of sulfonamides is 1. The van der Waals surface area contributed by atoms with Crippen LogP contribution in [0.4, 0.5) is 5.69 Å². The fourth-order valence-corrected chi connectivity index (χ4v) is 4.99. The van der Waals surface area contributed by atoms with Crippen LogP contribution in [0.1, 0.15) is 29.8 Å². The van der Waals surface area contributed by atoms with Gasteiger partial charge in [-0.3, -0.25) is 4.79 Å². The van der Waals surface area contributed by atoms with Crippen molar-refractivity contribution < 1.29 is 17.9 Å². The molecule has 0 radical (unpaired) electrons. The molecule has 1 heterocycles. The maximum atomic E-state index is 13.0. The first-order valence-corrected chi connectivity index (χ1v) is 11.9. The van der Waals surface area contributed by atoms with Crippen LogP contribution >= 0.6 is 0 Å². The summed E-state index contributed by atoms with van der Waals surface area (Å²) in [6.07, 6.45) is 5.28. The SMILES string of the molecule is CCN(CC)S(=O)(=O)c1cc(C(=O)Nc2cccc(OCCn3ccnc3)c2)ccc1C. The van der Waals surface area contributed by atoms with Crippen LogP contribution in [-0.2, 0) is 16.6 Å². The van der Waals surface area contributed by atoms with Crippen LogP contribution in [0.2, 0.25) is 0 Å². The van der Waals surface area contributed by atoms with Gasteiger partial charge in [0.05, 0.1) is 17.8 Å². The van der Waals surface area contributed by atoms with E-state index < -0.39 is 15.9 Å². The number of benzene rings is 2. The number of rotatable bonds is 10. The molecular weight excluding hydrogens is 428 g/mol. The lowest BCUT2D eigenvalue weighted by Gasteiger charge is -2.20. The van der Waals surface area contributed by atoms with E-state index in [1.807, 2.05) is 16.8 Å². The van der Waals surface area contributed by atoms with Gasteiger partial charge < -0.3 is 14.6 Å². The molecule has 0 spiro atoms. The Hall–Kier alpha value is -3.17. The standard InChI is InChI=1S/C23H28N4O4S/c1-4-27(5-2)32(29,30)22-15-19(10-9-18(22)3)23(28)25-20-7-6-8-21(16-20)31-14-13-26-12-11-24-17-26/h6-12,15-17H,4-5,13-14H2,1-3H3,(H,25,28). The Morgan fingerprint density at radius 1 is 1.16 bits per heavy atom. The second-order valence-corrected chi connectivity index (χ2v) is 9.11. The number of imidazole rings is 1. The van der Waals surface area contributed by atoms with Crippen molar-refractivity contribution in [3.63, 3.8) is 0 Å². The topological polar surface area (TPSA) is 93.5 Å². The first-order valence-electron chi connectivity index (χ1n) is 10.5. The maximum absolute atomic E-state index is 13.0. The van der Waals surface area contributed by atoms with E-state index in [2.05, 4.69) is 10.3 Å². The molecule has 0 saturated heterocycles. The number of anilines is 1. The Kier molecular flexibility index (Phi) is 7.66. The molecule has 1 aromatic heterocycles. The van der Waals surface area contributed by atoms with E-state index in [1.165, 1.54) is 10.4 Å². The van der Waals surface area contributed by atoms with Crippen molar-refractivity contribution in [2.24, 2.45) is 0 Å². The summed E-state index contributed by atoms with van der Waals surface area (Å²) in [5.41, 5.74) is 1.43. The molecule has 0 saturated carbocycles. The molecular formula is C23H28N4O4S. The van der Waals surface area contributed by atoms with Crippen molar-refractivity contribution in [3.8, 4) is 5.75 Å². The van der Waals surface area contributed by atoms with E-state index in [9.17, 15) is 13.2 Å². The van der Waals surface area contributed by atoms with E-state index in [0.717, 1.165) is 0 Å². The molecule has 3 aromatic rings. The van der Waals surface area contributed by atoms with Crippen molar-refractivity contribution in [1.29, 1.82) is 0 Å². The van der Waals surface area contributed by atoms with Crippen LogP contribution in [0.3, 0.4) is 0 Å². The number of hydrogen-bond acceptors (Lipinski definition) is 5. The Labute approximate surface area is 188 Å². The second kappa shape index (κ2) is 10.4. The van der Waals surface area contributed by atoms with Crippen LogP contribution in [-0.4, -0.2) is 47.9 Å². The molecule has 0 atom stereocenters. The summed E-state index contributed by atoms with van der Waals surface area (Å²) in [5, 5.41) is 2.82. The van der Waals surface area contributed by atoms with E-state index in [4.69, 9.17) is 4.74 Å². The Bertz CT molecular complexity index is 1160. The second-order valence-electron chi connectivity index (χ2n) is 7.20. The monoisotopic (exact) mass is 456 g/mol. The average molecular weight is 457 g/mol. The zero-order chi connectivity index (χ0) is 23.1. The quantitative estimate of drug-likeness (QED) is 0.504. The lowest BCUT2D eigenvalue weighted by molar-refractivity contribution is 0.102. The smallest absolute Gasteiger partial charge is 0.255 e. The van der Waals surface area contributed by atoms with Gasteiger partial charge in [0.15, 0.2) is 0 Å². The van der Waals surface area contributed by atoms with Gasteiger partial charge in [-0.2, -0.15) is 4.31 Å². The van der Waals surface area contributed by atoms with Crippen LogP contribution in [0.15, 0.2) is 66.1 Å². The largest absolute Gasteiger partial charge is 0.492 e. The number of ether oxygens (including phenoxy) is 1. The van der Waals surface area contributed by atoms with Crippen LogP contribution in [0.25, 0.3) is 0 Å². The highest BCUT2D eigenvalue weighted by molar-refractivity contribution is 7.89. The third-order valence-corrected chi connectivity index (χ3v) is 7.23. The van der Waals surface area contributed by atoms with Gasteiger partial charge in [0, 0.05) is 42.8 Å². The van der Waals surface area contributed by atoms with Crippen molar-refractivity contribution in [2.75, 3.05) is 25.0 Å². The summed E-state index contributed by atoms with van der Waals surface area (Å²) < 4.78 is 34.9. The van der Waals surface area contributed by atoms with Gasteiger partial charge >= 0.3 is 0 Å². The lowest BCUT2D eigenvalue weighted by Crippen LogP contribution is -2.31. The third-order valence-electron chi connectivity index (χ3n) is 5.04. The summed E-state index contributed by atoms with van der Waals surface area (Å²) in [7, 11) is -3.67. The summed E-state index contributed by atoms with van der Waals surface area (Å²) in [6.45, 7) is 7.14. The van der Waals surface area contributed by atoms with Crippen LogP contribution in [0, 0.1) is 6.92 Å². The molecule has 0 fully saturated rings. The lowest BCUT2D eigenvalue weighted by atomic mass is 10.1. The van der Waals surface area contributed by atoms with Crippen molar-refractivity contribution in [1.82, 2.24) is 13.9 Å². The maximum Gasteiger partial charge on any atom is 0.255 e. The highest BCUT2D eigenvalue weighted by Gasteiger charge is 2.24. The van der Waals surface area contributed by atoms with Gasteiger partial charge in [0.25, 0.3) is 5.91 Å². The van der Waals surface area contributed by atoms with Gasteiger partial charge in [-0.25, -0.2) is 13.4 Å². The highest BCUT2D eigenvalue weighted by Crippen LogP contribution is 2.23. The van der Waals surface area contributed by atoms with Gasteiger partial charge in [-0.1, -0.05) is 26.0 Å². The molecule has 1 amide bonds. The van der Waals surface area contributed by atoms with Crippen molar-refractivity contribution in [3.05, 3.63) is 72.3 Å². The summed E-state index contributed by atoms with van der Waals surface area (Å²) in [6, 6.07) is 11.8. The predicted molar refractivity (Wildman–Crippen MR) is 123 cm³/mol. The number of carbonyl (C=O) groups excluding carboxylic acids is 1. The zero-order valence-electron chi connectivity index (χ0n) is 18.5. The number of carbonyl (C=O) groups is 1. The van der Waals surface area contributed by atoms with Gasteiger partial charge in [-0.05, 0) is 36.8 Å². The van der Waals surface area contributed by atoms with E-state index >= 15 is 0 Å². The Balaban J connectivity index is 1.72. The van der Waals surface area contributed by atoms with Gasteiger partial charge in [0.2, 0.25) is 10.0 Å². The molecule has 0 aliphatic carbocycles. The first-order chi connectivity index (χ1) is 15.3. The summed E-state index contributed by atoms with van der Waals surface area (Å²) in [5.74, 6) is 0.230. The van der Waals surface area contributed by atoms with Crippen LogP contribution < -0.4 is 10.1 Å². The van der Waals surface area contributed by atoms with Crippen LogP contribution in [0.5, 0.6) is 5.75 Å². The number of nitrogens with one attached hydrogen (secondary N) is 1. The number of aryl methyl sites for hydroxylation is 1. The highest BCUT2D eigenvalue weighted by atomic mass is 32.2. The summed E-state index contributed by atoms with van der Waals surface area (Å²) in [4.78, 5) is 17.0. The minimum Gasteiger partial charge on any atom is -0.492 e. The van der Waals surface area contributed by atoms with E-state index in [1.54, 1.807) is 63.6 Å². The molecule has 0 aliphatic rings. The van der Waals surface area contributed by atoms with E-state index in [0.29, 0.717) is 43.2 Å². The minimum atomic E-state index is -3.67. The average Bonchev–Trinajstić information content (AvgIpc) is 3.28. The van der Waals surface area contributed by atoms with Gasteiger partial charge in [0.1, 0.15) is 12.4 Å². The summed E-state index contributed by atoms with van der Waals surface area (Å²) >= 11 is 0. The van der Waals surface area contributed by atoms with Gasteiger partial charge in [-0.15, -0.1) is 0 Å². The molecule has 1 N–H and O–H groups in total. The normalized spacial score (nSPS) is 11.5. The minimum absolute atomic E-state index is 0.144. The predicted octanol–water partition coefficient (Wildman–Crippen LogP) is 3.55. The van der Waals surface area contributed by atoms with Crippen molar-refractivity contribution in [2.45, 2.75) is 32.2 Å². The fraction of sp³-hybridized carbons (Fsp3) is 0.304. The molecule has 0 bridgehead atoms. The molecule has 9 heteroatoms. The molecule has 0 unspecified atom stereocenters. The third kappa shape index (κ3) is 5.54. The number of hydrogen-bond donors (Lipinski definition) is 1. The molecule has 3 rings (SSSR count). The molecule has 0 aliphatic heterocycles. The first kappa shape index (κ1) is 23.5. The van der Waals surface area contributed by atoms with E-state index in [-0.39, 0.29) is 10.5 Å². The number of amides is 1. The molecule has 2 aromatic carbocycles. The molecule has 8 nitrogen and oxygen atoms in total. The fourth-order valence-electron chi connectivity index (χ4n) is 3.28. The van der Waals surface area contributed by atoms with Crippen molar-refractivity contribution >= 4 is 21.6 Å². The number of nitrogens with zero attached hydrogens (tertiary/aromatic N) is 3. The zero-order valence-corrected chi connectivity index (χ0v) is 19.3.